The standard InChI is InChI=1S/C4H9.2BrH.Mn/c1-3-4-2;;;/h1,3-4H2,2H3;2*1H;/q;;;+2/p-2. The summed E-state index contributed by atoms with van der Waals surface area (Å²) in [6.07, 6.45) is 2.28. The van der Waals surface area contributed by atoms with Gasteiger partial charge in [0.05, 0.1) is 0 Å². The summed E-state index contributed by atoms with van der Waals surface area (Å²) in [5, 5.41) is 0. The van der Waals surface area contributed by atoms with Crippen LogP contribution < -0.4 is 0 Å². The monoisotopic (exact) mass is 270 g/mol. The largest absolute Gasteiger partial charge is 0.0654 e. The van der Waals surface area contributed by atoms with Crippen LogP contribution in [0.25, 0.3) is 0 Å². The smallest absolute Gasteiger partial charge is 0.0533 e. The third-order valence-electron chi connectivity index (χ3n) is 0.354. The molecular formula is C4H9Br2Mn. The molecule has 0 nitrogen and oxygen atoms in total. The molecule has 0 spiro atoms. The van der Waals surface area contributed by atoms with Gasteiger partial charge in [-0.3, -0.25) is 0 Å². The molecule has 0 heterocycles. The molecule has 7 heavy (non-hydrogen) atoms. The summed E-state index contributed by atoms with van der Waals surface area (Å²) in [6.45, 7) is 5.72. The summed E-state index contributed by atoms with van der Waals surface area (Å²) in [6, 6.07) is 0. The fourth-order valence-corrected chi connectivity index (χ4v) is 0. The van der Waals surface area contributed by atoms with Crippen molar-refractivity contribution in [2.45, 2.75) is 19.8 Å². The van der Waals surface area contributed by atoms with Gasteiger partial charge in [-0.05, 0) is 0 Å². The van der Waals surface area contributed by atoms with E-state index in [4.69, 9.17) is 0 Å². The zero-order chi connectivity index (χ0) is 6.12. The van der Waals surface area contributed by atoms with Gasteiger partial charge in [-0.25, -0.2) is 0 Å². The van der Waals surface area contributed by atoms with E-state index in [1.807, 2.05) is 0 Å². The molecule has 1 radical (unpaired) electrons. The summed E-state index contributed by atoms with van der Waals surface area (Å²) >= 11 is 6.88. The summed E-state index contributed by atoms with van der Waals surface area (Å²) in [7, 11) is 0. The van der Waals surface area contributed by atoms with E-state index in [1.54, 1.807) is 0 Å². The Balaban J connectivity index is 0. The van der Waals surface area contributed by atoms with E-state index < -0.39 is 0 Å². The van der Waals surface area contributed by atoms with Gasteiger partial charge in [0.2, 0.25) is 0 Å². The predicted octanol–water partition coefficient (Wildman–Crippen LogP) is 3.31. The zero-order valence-electron chi connectivity index (χ0n) is 4.26. The summed E-state index contributed by atoms with van der Waals surface area (Å²) in [5.41, 5.74) is 0. The van der Waals surface area contributed by atoms with Crippen molar-refractivity contribution in [1.82, 2.24) is 0 Å². The molecule has 0 unspecified atom stereocenters. The topological polar surface area (TPSA) is 0 Å². The first-order valence-corrected chi connectivity index (χ1v) is 7.83. The van der Waals surface area contributed by atoms with Gasteiger partial charge in [0.15, 0.2) is 0 Å². The molecule has 3 heteroatoms. The van der Waals surface area contributed by atoms with E-state index in [2.05, 4.69) is 42.1 Å². The molecule has 0 aromatic carbocycles. The Morgan fingerprint density at radius 2 is 1.71 bits per heavy atom. The molecule has 0 saturated heterocycles. The first-order valence-electron chi connectivity index (χ1n) is 1.99. The summed E-state index contributed by atoms with van der Waals surface area (Å²) in [5.74, 6) is 0. The van der Waals surface area contributed by atoms with Crippen LogP contribution in [-0.2, 0) is 11.3 Å². The second kappa shape index (κ2) is 15.6. The van der Waals surface area contributed by atoms with Crippen molar-refractivity contribution in [2.24, 2.45) is 0 Å². The summed E-state index contributed by atoms with van der Waals surface area (Å²) in [4.78, 5) is 0. The Morgan fingerprint density at radius 1 is 1.57 bits per heavy atom. The Bertz CT molecular complexity index is 17.2. The molecular weight excluding hydrogens is 263 g/mol. The minimum absolute atomic E-state index is 0.688. The second-order valence-electron chi connectivity index (χ2n) is 0.908. The molecule has 0 rings (SSSR count). The van der Waals surface area contributed by atoms with Crippen LogP contribution in [0.3, 0.4) is 0 Å². The summed E-state index contributed by atoms with van der Waals surface area (Å²) < 4.78 is 0. The van der Waals surface area contributed by atoms with Crippen molar-refractivity contribution in [3.63, 3.8) is 0 Å². The maximum absolute atomic E-state index is 3.60. The number of halogens is 2. The minimum atomic E-state index is 0.688. The number of hydrogen-bond donors (Lipinski definition) is 0. The number of rotatable bonds is 1. The Kier molecular flexibility index (Phi) is 25.3. The maximum Gasteiger partial charge on any atom is -0.0533 e. The molecule has 0 saturated carbocycles. The van der Waals surface area contributed by atoms with Crippen LogP contribution in [0.2, 0.25) is 0 Å². The van der Waals surface area contributed by atoms with Crippen molar-refractivity contribution < 1.29 is 11.3 Å². The van der Waals surface area contributed by atoms with Crippen LogP contribution in [0.4, 0.5) is 0 Å². The average molecular weight is 272 g/mol. The third-order valence-corrected chi connectivity index (χ3v) is 0.354. The van der Waals surface area contributed by atoms with Crippen LogP contribution >= 0.6 is 28.2 Å². The number of unbranched alkanes of at least 4 members (excludes halogenated alkanes) is 1. The first kappa shape index (κ1) is 11.3. The van der Waals surface area contributed by atoms with E-state index in [0.29, 0.717) is 11.3 Å². The van der Waals surface area contributed by atoms with Gasteiger partial charge in [0.1, 0.15) is 0 Å². The van der Waals surface area contributed by atoms with E-state index in [0.717, 1.165) is 6.42 Å². The van der Waals surface area contributed by atoms with Gasteiger partial charge in [0, 0.05) is 0 Å². The van der Waals surface area contributed by atoms with Crippen molar-refractivity contribution in [2.75, 3.05) is 0 Å². The molecule has 0 aromatic heterocycles. The molecule has 0 bridgehead atoms. The normalized spacial score (nSPS) is 6.86. The molecule has 0 aromatic rings. The van der Waals surface area contributed by atoms with Gasteiger partial charge >= 0.3 is 39.6 Å². The van der Waals surface area contributed by atoms with Gasteiger partial charge in [0.25, 0.3) is 0 Å². The van der Waals surface area contributed by atoms with Crippen LogP contribution in [0, 0.1) is 6.92 Å². The molecule has 0 aliphatic carbocycles. The van der Waals surface area contributed by atoms with Crippen LogP contribution in [0.5, 0.6) is 0 Å². The van der Waals surface area contributed by atoms with Crippen LogP contribution in [-0.4, -0.2) is 0 Å². The predicted molar refractivity (Wildman–Crippen MR) is 38.1 cm³/mol. The number of hydrogen-bond acceptors (Lipinski definition) is 0. The molecule has 0 N–H and O–H groups in total. The second-order valence-corrected chi connectivity index (χ2v) is 6.86. The van der Waals surface area contributed by atoms with E-state index in [9.17, 15) is 0 Å². The van der Waals surface area contributed by atoms with Crippen molar-refractivity contribution in [3.05, 3.63) is 6.92 Å². The van der Waals surface area contributed by atoms with Gasteiger partial charge in [-0.2, -0.15) is 0 Å². The van der Waals surface area contributed by atoms with Gasteiger partial charge in [-0.15, -0.1) is 0 Å². The van der Waals surface area contributed by atoms with E-state index >= 15 is 0 Å². The quantitative estimate of drug-likeness (QED) is 0.642. The van der Waals surface area contributed by atoms with Gasteiger partial charge < -0.3 is 0 Å². The van der Waals surface area contributed by atoms with Crippen molar-refractivity contribution >= 4 is 28.2 Å². The van der Waals surface area contributed by atoms with Crippen molar-refractivity contribution in [3.8, 4) is 0 Å². The fraction of sp³-hybridized carbons (Fsp3) is 0.750. The zero-order valence-corrected chi connectivity index (χ0v) is 8.61. The van der Waals surface area contributed by atoms with Crippen LogP contribution in [0.1, 0.15) is 19.8 Å². The van der Waals surface area contributed by atoms with Gasteiger partial charge in [-0.1, -0.05) is 26.7 Å². The first-order chi connectivity index (χ1) is 3.33. The molecule has 0 aliphatic rings. The molecule has 0 fully saturated rings. The third kappa shape index (κ3) is 36.5. The molecule has 0 atom stereocenters. The molecule has 46 valence electrons. The van der Waals surface area contributed by atoms with Crippen LogP contribution in [0.15, 0.2) is 0 Å². The molecule has 0 amide bonds. The SMILES string of the molecule is [Br][Mn][Br].[CH2]CCC. The van der Waals surface area contributed by atoms with Crippen molar-refractivity contribution in [1.29, 1.82) is 0 Å². The van der Waals surface area contributed by atoms with E-state index in [1.165, 1.54) is 6.42 Å². The van der Waals surface area contributed by atoms with E-state index in [-0.39, 0.29) is 0 Å². The maximum atomic E-state index is 3.60. The Labute approximate surface area is 66.0 Å². The average Bonchev–Trinajstić information content (AvgIpc) is 1.69. The Hall–Kier alpha value is 1.48. The Morgan fingerprint density at radius 3 is 1.71 bits per heavy atom. The molecule has 0 aliphatic heterocycles. The fourth-order valence-electron chi connectivity index (χ4n) is 0. The minimum Gasteiger partial charge on any atom is -0.0654 e.